The summed E-state index contributed by atoms with van der Waals surface area (Å²) in [5.74, 6) is 0.228. The summed E-state index contributed by atoms with van der Waals surface area (Å²) in [5, 5.41) is 0. The van der Waals surface area contributed by atoms with E-state index in [9.17, 15) is 8.78 Å². The fourth-order valence-electron chi connectivity index (χ4n) is 1.11. The fraction of sp³-hybridized carbons (Fsp3) is 0.400. The van der Waals surface area contributed by atoms with Gasteiger partial charge in [-0.15, -0.1) is 0 Å². The summed E-state index contributed by atoms with van der Waals surface area (Å²) in [4.78, 5) is 0. The Kier molecular flexibility index (Phi) is 3.37. The van der Waals surface area contributed by atoms with Gasteiger partial charge < -0.3 is 5.73 Å². The first-order chi connectivity index (χ1) is 6.15. The Morgan fingerprint density at radius 3 is 2.00 bits per heavy atom. The molecular formula is C10H13F2N. The number of nitrogens with two attached hydrogens (primary N) is 1. The second-order valence-corrected chi connectivity index (χ2v) is 3.10. The van der Waals surface area contributed by atoms with Crippen LogP contribution in [0, 0.1) is 0 Å². The van der Waals surface area contributed by atoms with Crippen LogP contribution < -0.4 is 5.73 Å². The third kappa shape index (κ3) is 2.49. The van der Waals surface area contributed by atoms with Crippen molar-refractivity contribution in [1.29, 1.82) is 0 Å². The van der Waals surface area contributed by atoms with E-state index < -0.39 is 6.43 Å². The number of hydrogen-bond donors (Lipinski definition) is 1. The molecule has 0 unspecified atom stereocenters. The van der Waals surface area contributed by atoms with Gasteiger partial charge in [-0.3, -0.25) is 0 Å². The second-order valence-electron chi connectivity index (χ2n) is 3.10. The molecule has 72 valence electrons. The Labute approximate surface area is 76.6 Å². The van der Waals surface area contributed by atoms with Gasteiger partial charge in [0.1, 0.15) is 0 Å². The van der Waals surface area contributed by atoms with Gasteiger partial charge in [0, 0.05) is 5.56 Å². The quantitative estimate of drug-likeness (QED) is 0.769. The summed E-state index contributed by atoms with van der Waals surface area (Å²) in [6, 6.07) is 6.32. The lowest BCUT2D eigenvalue weighted by atomic mass is 10.0. The van der Waals surface area contributed by atoms with Gasteiger partial charge in [-0.25, -0.2) is 8.78 Å². The number of hydrogen-bond acceptors (Lipinski definition) is 1. The molecule has 1 aromatic rings. The van der Waals surface area contributed by atoms with Crippen molar-refractivity contribution in [3.05, 3.63) is 35.4 Å². The monoisotopic (exact) mass is 185 g/mol. The Bertz CT molecular complexity index is 256. The molecule has 0 aliphatic rings. The van der Waals surface area contributed by atoms with Crippen LogP contribution in [0.15, 0.2) is 24.3 Å². The molecule has 1 atom stereocenters. The molecule has 0 saturated heterocycles. The summed E-state index contributed by atoms with van der Waals surface area (Å²) in [7, 11) is 0. The van der Waals surface area contributed by atoms with Crippen LogP contribution in [0.1, 0.15) is 30.4 Å². The zero-order valence-corrected chi connectivity index (χ0v) is 7.50. The van der Waals surface area contributed by atoms with Gasteiger partial charge in [-0.2, -0.15) is 0 Å². The van der Waals surface area contributed by atoms with Crippen LogP contribution in [-0.2, 0) is 0 Å². The van der Waals surface area contributed by atoms with Crippen molar-refractivity contribution in [2.24, 2.45) is 5.73 Å². The highest BCUT2D eigenvalue weighted by Crippen LogP contribution is 2.21. The molecule has 0 heterocycles. The molecule has 3 heteroatoms. The van der Waals surface area contributed by atoms with Crippen LogP contribution in [-0.4, -0.2) is 6.54 Å². The van der Waals surface area contributed by atoms with Crippen molar-refractivity contribution in [3.63, 3.8) is 0 Å². The van der Waals surface area contributed by atoms with E-state index in [0.29, 0.717) is 6.54 Å². The summed E-state index contributed by atoms with van der Waals surface area (Å²) in [6.07, 6.45) is -2.39. The van der Waals surface area contributed by atoms with Crippen LogP contribution in [0.4, 0.5) is 8.78 Å². The minimum atomic E-state index is -2.39. The van der Waals surface area contributed by atoms with Gasteiger partial charge in [0.25, 0.3) is 6.43 Å². The molecule has 2 N–H and O–H groups in total. The minimum absolute atomic E-state index is 0.0629. The summed E-state index contributed by atoms with van der Waals surface area (Å²) in [5.41, 5.74) is 6.52. The SMILES string of the molecule is C[C@@H](CN)c1ccc(C(F)F)cc1. The smallest absolute Gasteiger partial charge is 0.263 e. The molecule has 0 fully saturated rings. The average Bonchev–Trinajstić information content (AvgIpc) is 2.17. The maximum atomic E-state index is 12.2. The lowest BCUT2D eigenvalue weighted by Gasteiger charge is -2.09. The highest BCUT2D eigenvalue weighted by molar-refractivity contribution is 5.25. The van der Waals surface area contributed by atoms with Gasteiger partial charge in [0.2, 0.25) is 0 Å². The zero-order chi connectivity index (χ0) is 9.84. The lowest BCUT2D eigenvalue weighted by molar-refractivity contribution is 0.151. The number of alkyl halides is 2. The van der Waals surface area contributed by atoms with E-state index in [-0.39, 0.29) is 11.5 Å². The van der Waals surface area contributed by atoms with Crippen molar-refractivity contribution in [1.82, 2.24) is 0 Å². The first-order valence-corrected chi connectivity index (χ1v) is 4.23. The maximum absolute atomic E-state index is 12.2. The van der Waals surface area contributed by atoms with E-state index in [2.05, 4.69) is 0 Å². The van der Waals surface area contributed by atoms with E-state index in [1.807, 2.05) is 6.92 Å². The van der Waals surface area contributed by atoms with Crippen LogP contribution in [0.25, 0.3) is 0 Å². The van der Waals surface area contributed by atoms with Gasteiger partial charge >= 0.3 is 0 Å². The minimum Gasteiger partial charge on any atom is -0.330 e. The molecule has 0 spiro atoms. The van der Waals surface area contributed by atoms with E-state index in [1.165, 1.54) is 12.1 Å². The van der Waals surface area contributed by atoms with E-state index in [0.717, 1.165) is 5.56 Å². The first kappa shape index (κ1) is 10.1. The molecule has 0 saturated carbocycles. The van der Waals surface area contributed by atoms with Gasteiger partial charge in [0.05, 0.1) is 0 Å². The van der Waals surface area contributed by atoms with E-state index in [1.54, 1.807) is 12.1 Å². The molecule has 0 aromatic heterocycles. The van der Waals surface area contributed by atoms with Crippen LogP contribution in [0.5, 0.6) is 0 Å². The Hall–Kier alpha value is -0.960. The Balaban J connectivity index is 2.81. The number of benzene rings is 1. The van der Waals surface area contributed by atoms with Crippen molar-refractivity contribution in [3.8, 4) is 0 Å². The molecule has 13 heavy (non-hydrogen) atoms. The predicted octanol–water partition coefficient (Wildman–Crippen LogP) is 2.69. The zero-order valence-electron chi connectivity index (χ0n) is 7.50. The standard InChI is InChI=1S/C10H13F2N/c1-7(6-13)8-2-4-9(5-3-8)10(11)12/h2-5,7,10H,6,13H2,1H3/t7-/m0/s1. The van der Waals surface area contributed by atoms with Gasteiger partial charge in [-0.1, -0.05) is 31.2 Å². The molecule has 1 nitrogen and oxygen atoms in total. The molecule has 1 rings (SSSR count). The van der Waals surface area contributed by atoms with Gasteiger partial charge in [0.15, 0.2) is 0 Å². The van der Waals surface area contributed by atoms with Crippen molar-refractivity contribution >= 4 is 0 Å². The maximum Gasteiger partial charge on any atom is 0.263 e. The molecule has 0 aliphatic carbocycles. The van der Waals surface area contributed by atoms with Crippen molar-refractivity contribution < 1.29 is 8.78 Å². The molecule has 0 radical (unpaired) electrons. The Morgan fingerprint density at radius 2 is 1.62 bits per heavy atom. The Morgan fingerprint density at radius 1 is 1.15 bits per heavy atom. The first-order valence-electron chi connectivity index (χ1n) is 4.23. The van der Waals surface area contributed by atoms with Crippen LogP contribution in [0.2, 0.25) is 0 Å². The second kappa shape index (κ2) is 4.33. The summed E-state index contributed by atoms with van der Waals surface area (Å²) < 4.78 is 24.3. The lowest BCUT2D eigenvalue weighted by Crippen LogP contribution is -2.08. The third-order valence-corrected chi connectivity index (χ3v) is 2.11. The van der Waals surface area contributed by atoms with Gasteiger partial charge in [-0.05, 0) is 18.0 Å². The van der Waals surface area contributed by atoms with Crippen molar-refractivity contribution in [2.45, 2.75) is 19.3 Å². The summed E-state index contributed by atoms with van der Waals surface area (Å²) in [6.45, 7) is 2.51. The van der Waals surface area contributed by atoms with E-state index in [4.69, 9.17) is 5.73 Å². The highest BCUT2D eigenvalue weighted by Gasteiger charge is 2.07. The summed E-state index contributed by atoms with van der Waals surface area (Å²) >= 11 is 0. The largest absolute Gasteiger partial charge is 0.330 e. The number of halogens is 2. The topological polar surface area (TPSA) is 26.0 Å². The average molecular weight is 185 g/mol. The normalized spacial score (nSPS) is 13.3. The molecule has 1 aromatic carbocycles. The predicted molar refractivity (Wildman–Crippen MR) is 48.9 cm³/mol. The molecule has 0 bridgehead atoms. The fourth-order valence-corrected chi connectivity index (χ4v) is 1.11. The van der Waals surface area contributed by atoms with E-state index >= 15 is 0 Å². The molecular weight excluding hydrogens is 172 g/mol. The van der Waals surface area contributed by atoms with Crippen LogP contribution in [0.3, 0.4) is 0 Å². The van der Waals surface area contributed by atoms with Crippen molar-refractivity contribution in [2.75, 3.05) is 6.54 Å². The van der Waals surface area contributed by atoms with Crippen LogP contribution >= 0.6 is 0 Å². The molecule has 0 amide bonds. The highest BCUT2D eigenvalue weighted by atomic mass is 19.3. The third-order valence-electron chi connectivity index (χ3n) is 2.11. The number of rotatable bonds is 3. The molecule has 0 aliphatic heterocycles.